The van der Waals surface area contributed by atoms with E-state index in [2.05, 4.69) is 5.32 Å². The van der Waals surface area contributed by atoms with E-state index in [1.165, 1.54) is 12.1 Å². The molecule has 1 aromatic carbocycles. The van der Waals surface area contributed by atoms with Gasteiger partial charge < -0.3 is 11.1 Å². The fourth-order valence-electron chi connectivity index (χ4n) is 2.07. The maximum atomic E-state index is 13.1. The molecule has 6 heteroatoms. The highest BCUT2D eigenvalue weighted by molar-refractivity contribution is 6.31. The Morgan fingerprint density at radius 2 is 2.05 bits per heavy atom. The van der Waals surface area contributed by atoms with Crippen LogP contribution >= 0.6 is 11.6 Å². The van der Waals surface area contributed by atoms with Gasteiger partial charge in [0.15, 0.2) is 0 Å². The lowest BCUT2D eigenvalue weighted by Gasteiger charge is -2.34. The van der Waals surface area contributed by atoms with E-state index in [9.17, 15) is 14.0 Å². The van der Waals surface area contributed by atoms with Gasteiger partial charge in [-0.05, 0) is 30.5 Å². The smallest absolute Gasteiger partial charge is 0.252 e. The zero-order valence-electron chi connectivity index (χ0n) is 11.7. The van der Waals surface area contributed by atoms with Gasteiger partial charge >= 0.3 is 0 Å². The number of hydrogen-bond acceptors (Lipinski definition) is 2. The van der Waals surface area contributed by atoms with E-state index in [1.807, 2.05) is 0 Å². The Hall–Kier alpha value is -1.62. The van der Waals surface area contributed by atoms with Gasteiger partial charge in [-0.2, -0.15) is 0 Å². The molecule has 0 saturated heterocycles. The highest BCUT2D eigenvalue weighted by Gasteiger charge is 2.39. The Bertz CT molecular complexity index is 534. The molecule has 0 aromatic heterocycles. The number of hydrogen-bond donors (Lipinski definition) is 2. The summed E-state index contributed by atoms with van der Waals surface area (Å²) in [6, 6.07) is 3.62. The monoisotopic (exact) mass is 300 g/mol. The molecule has 1 rings (SSSR count). The fourth-order valence-corrected chi connectivity index (χ4v) is 2.25. The number of nitrogens with one attached hydrogen (secondary N) is 1. The Morgan fingerprint density at radius 3 is 2.45 bits per heavy atom. The Morgan fingerprint density at radius 1 is 1.45 bits per heavy atom. The van der Waals surface area contributed by atoms with Crippen molar-refractivity contribution in [2.45, 2.75) is 32.7 Å². The first-order valence-corrected chi connectivity index (χ1v) is 6.69. The number of rotatable bonds is 5. The van der Waals surface area contributed by atoms with E-state index in [4.69, 9.17) is 17.3 Å². The highest BCUT2D eigenvalue weighted by atomic mass is 35.5. The first-order chi connectivity index (χ1) is 9.24. The van der Waals surface area contributed by atoms with Gasteiger partial charge in [0.25, 0.3) is 5.91 Å². The topological polar surface area (TPSA) is 72.2 Å². The second kappa shape index (κ2) is 6.22. The van der Waals surface area contributed by atoms with Crippen LogP contribution in [0.2, 0.25) is 5.02 Å². The molecule has 0 fully saturated rings. The lowest BCUT2D eigenvalue weighted by Crippen LogP contribution is -2.60. The number of carbonyl (C=O) groups is 2. The van der Waals surface area contributed by atoms with Crippen molar-refractivity contribution < 1.29 is 14.0 Å². The Balaban J connectivity index is 3.08. The van der Waals surface area contributed by atoms with Crippen LogP contribution in [0, 0.1) is 11.7 Å². The van der Waals surface area contributed by atoms with Crippen molar-refractivity contribution >= 4 is 23.4 Å². The molecule has 0 aliphatic heterocycles. The van der Waals surface area contributed by atoms with Gasteiger partial charge in [0.1, 0.15) is 11.4 Å². The van der Waals surface area contributed by atoms with Crippen LogP contribution in [0.4, 0.5) is 4.39 Å². The quantitative estimate of drug-likeness (QED) is 0.877. The van der Waals surface area contributed by atoms with Crippen LogP contribution in [0.1, 0.15) is 37.6 Å². The second-order valence-electron chi connectivity index (χ2n) is 4.93. The van der Waals surface area contributed by atoms with E-state index in [0.29, 0.717) is 6.42 Å². The van der Waals surface area contributed by atoms with Gasteiger partial charge in [0.2, 0.25) is 5.91 Å². The van der Waals surface area contributed by atoms with Crippen molar-refractivity contribution in [1.82, 2.24) is 5.32 Å². The summed E-state index contributed by atoms with van der Waals surface area (Å²) in [6.07, 6.45) is 0.362. The predicted octanol–water partition coefficient (Wildman–Crippen LogP) is 2.50. The summed E-state index contributed by atoms with van der Waals surface area (Å²) < 4.78 is 13.1. The molecular weight excluding hydrogens is 283 g/mol. The number of carbonyl (C=O) groups excluding carboxylic acids is 2. The third-order valence-electron chi connectivity index (χ3n) is 3.50. The summed E-state index contributed by atoms with van der Waals surface area (Å²) in [5.41, 5.74) is 4.46. The van der Waals surface area contributed by atoms with Gasteiger partial charge in [0, 0.05) is 5.56 Å². The van der Waals surface area contributed by atoms with Crippen molar-refractivity contribution in [3.63, 3.8) is 0 Å². The molecule has 0 heterocycles. The first-order valence-electron chi connectivity index (χ1n) is 6.32. The van der Waals surface area contributed by atoms with Gasteiger partial charge in [-0.25, -0.2) is 4.39 Å². The summed E-state index contributed by atoms with van der Waals surface area (Å²) >= 11 is 5.64. The van der Waals surface area contributed by atoms with Crippen LogP contribution in [-0.4, -0.2) is 17.4 Å². The SMILES string of the molecule is CC[C@](NC(=O)c1ccc(F)c(Cl)c1)(C(N)=O)C(C)C. The lowest BCUT2D eigenvalue weighted by molar-refractivity contribution is -0.126. The van der Waals surface area contributed by atoms with Gasteiger partial charge in [-0.1, -0.05) is 32.4 Å². The molecule has 0 radical (unpaired) electrons. The molecular formula is C14H18ClFN2O2. The van der Waals surface area contributed by atoms with Crippen LogP contribution in [0.5, 0.6) is 0 Å². The van der Waals surface area contributed by atoms with Crippen molar-refractivity contribution in [2.24, 2.45) is 11.7 Å². The largest absolute Gasteiger partial charge is 0.368 e. The molecule has 0 aliphatic rings. The van der Waals surface area contributed by atoms with E-state index in [0.717, 1.165) is 6.07 Å². The minimum Gasteiger partial charge on any atom is -0.368 e. The minimum absolute atomic E-state index is 0.150. The van der Waals surface area contributed by atoms with E-state index in [-0.39, 0.29) is 16.5 Å². The van der Waals surface area contributed by atoms with Crippen molar-refractivity contribution in [3.8, 4) is 0 Å². The number of benzene rings is 1. The van der Waals surface area contributed by atoms with Crippen LogP contribution in [0.25, 0.3) is 0 Å². The van der Waals surface area contributed by atoms with E-state index >= 15 is 0 Å². The minimum atomic E-state index is -1.14. The molecule has 0 spiro atoms. The number of halogens is 2. The molecule has 0 unspecified atom stereocenters. The highest BCUT2D eigenvalue weighted by Crippen LogP contribution is 2.22. The molecule has 3 N–H and O–H groups in total. The molecule has 1 aromatic rings. The van der Waals surface area contributed by atoms with E-state index in [1.54, 1.807) is 20.8 Å². The Labute approximate surface area is 122 Å². The summed E-state index contributed by atoms with van der Waals surface area (Å²) in [6.45, 7) is 5.36. The fraction of sp³-hybridized carbons (Fsp3) is 0.429. The molecule has 4 nitrogen and oxygen atoms in total. The Kier molecular flexibility index (Phi) is 5.11. The summed E-state index contributed by atoms with van der Waals surface area (Å²) in [7, 11) is 0. The maximum absolute atomic E-state index is 13.1. The lowest BCUT2D eigenvalue weighted by atomic mass is 9.83. The molecule has 0 saturated carbocycles. The van der Waals surface area contributed by atoms with Gasteiger partial charge in [-0.3, -0.25) is 9.59 Å². The summed E-state index contributed by atoms with van der Waals surface area (Å²) in [5, 5.41) is 2.50. The first kappa shape index (κ1) is 16.4. The second-order valence-corrected chi connectivity index (χ2v) is 5.33. The third-order valence-corrected chi connectivity index (χ3v) is 3.79. The average Bonchev–Trinajstić information content (AvgIpc) is 2.38. The van der Waals surface area contributed by atoms with E-state index < -0.39 is 23.2 Å². The normalized spacial score (nSPS) is 13.9. The average molecular weight is 301 g/mol. The van der Waals surface area contributed by atoms with Gasteiger partial charge in [0.05, 0.1) is 5.02 Å². The van der Waals surface area contributed by atoms with Gasteiger partial charge in [-0.15, -0.1) is 0 Å². The summed E-state index contributed by atoms with van der Waals surface area (Å²) in [4.78, 5) is 23.9. The predicted molar refractivity (Wildman–Crippen MR) is 75.9 cm³/mol. The van der Waals surface area contributed by atoms with Crippen LogP contribution in [0.15, 0.2) is 18.2 Å². The molecule has 110 valence electrons. The maximum Gasteiger partial charge on any atom is 0.252 e. The standard InChI is InChI=1S/C14H18ClFN2O2/c1-4-14(8(2)3,13(17)20)18-12(19)9-5-6-11(16)10(15)7-9/h5-8H,4H2,1-3H3,(H2,17,20)(H,18,19)/t14-/m1/s1. The molecule has 0 aliphatic carbocycles. The molecule has 0 bridgehead atoms. The molecule has 1 atom stereocenters. The van der Waals surface area contributed by atoms with Crippen molar-refractivity contribution in [1.29, 1.82) is 0 Å². The molecule has 20 heavy (non-hydrogen) atoms. The molecule has 2 amide bonds. The number of amides is 2. The van der Waals surface area contributed by atoms with Crippen LogP contribution < -0.4 is 11.1 Å². The zero-order valence-corrected chi connectivity index (χ0v) is 12.4. The van der Waals surface area contributed by atoms with Crippen molar-refractivity contribution in [2.75, 3.05) is 0 Å². The third kappa shape index (κ3) is 3.10. The number of primary amides is 1. The van der Waals surface area contributed by atoms with Crippen LogP contribution in [0.3, 0.4) is 0 Å². The zero-order chi connectivity index (χ0) is 15.5. The van der Waals surface area contributed by atoms with Crippen molar-refractivity contribution in [3.05, 3.63) is 34.6 Å². The number of nitrogens with two attached hydrogens (primary N) is 1. The van der Waals surface area contributed by atoms with Crippen LogP contribution in [-0.2, 0) is 4.79 Å². The summed E-state index contributed by atoms with van der Waals surface area (Å²) in [5.74, 6) is -1.90.